The fourth-order valence-electron chi connectivity index (χ4n) is 5.30. The van der Waals surface area contributed by atoms with Gasteiger partial charge in [0.05, 0.1) is 17.8 Å². The zero-order valence-corrected chi connectivity index (χ0v) is 23.9. The number of hydrogen-bond acceptors (Lipinski definition) is 3. The molecule has 2 atom stereocenters. The molecule has 4 aromatic rings. The van der Waals surface area contributed by atoms with Gasteiger partial charge in [0.25, 0.3) is 0 Å². The third kappa shape index (κ3) is 5.32. The first-order valence-electron chi connectivity index (χ1n) is 13.4. The highest BCUT2D eigenvalue weighted by atomic mass is 32.1. The van der Waals surface area contributed by atoms with Gasteiger partial charge in [-0.25, -0.2) is 0 Å². The molecule has 0 bridgehead atoms. The van der Waals surface area contributed by atoms with Crippen LogP contribution in [0.3, 0.4) is 0 Å². The first kappa shape index (κ1) is 26.6. The van der Waals surface area contributed by atoms with Crippen molar-refractivity contribution in [3.8, 4) is 0 Å². The number of benzene rings is 2. The predicted molar refractivity (Wildman–Crippen MR) is 162 cm³/mol. The van der Waals surface area contributed by atoms with E-state index in [2.05, 4.69) is 76.4 Å². The number of carbonyl (C=O) groups excluding carboxylic acids is 1. The Hall–Kier alpha value is -3.97. The van der Waals surface area contributed by atoms with Crippen LogP contribution in [0.15, 0.2) is 79.0 Å². The number of aryl methyl sites for hydroxylation is 2. The molecule has 0 aliphatic carbocycles. The van der Waals surface area contributed by atoms with E-state index in [1.165, 1.54) is 22.5 Å². The molecule has 1 fully saturated rings. The number of rotatable bonds is 7. The number of nitrogens with zero attached hydrogens (tertiary/aromatic N) is 3. The maximum Gasteiger partial charge on any atom is 0.226 e. The number of hydrogen-bond donors (Lipinski definition) is 2. The second kappa shape index (κ2) is 11.0. The molecule has 1 saturated heterocycles. The van der Waals surface area contributed by atoms with Crippen molar-refractivity contribution in [1.82, 2.24) is 14.9 Å². The van der Waals surface area contributed by atoms with Crippen molar-refractivity contribution in [3.63, 3.8) is 0 Å². The minimum Gasteiger partial charge on any atom is -0.351 e. The number of thiocarbonyl (C=S) groups is 1. The van der Waals surface area contributed by atoms with Crippen LogP contribution in [0.25, 0.3) is 0 Å². The summed E-state index contributed by atoms with van der Waals surface area (Å²) in [6, 6.07) is 24.7. The SMILES string of the molecule is Cc1cc(N2C(=S)N[C@@H](c3ccccn3)[C@@H]2c2cc(C)n(Cc3ccccc3)c2C)ccc1NC(=O)C(C)C. The van der Waals surface area contributed by atoms with Gasteiger partial charge in [0, 0.05) is 41.4 Å². The van der Waals surface area contributed by atoms with Gasteiger partial charge in [-0.2, -0.15) is 0 Å². The van der Waals surface area contributed by atoms with Crippen LogP contribution < -0.4 is 15.5 Å². The van der Waals surface area contributed by atoms with Crippen LogP contribution in [0.5, 0.6) is 0 Å². The molecule has 6 nitrogen and oxygen atoms in total. The lowest BCUT2D eigenvalue weighted by molar-refractivity contribution is -0.118. The number of carbonyl (C=O) groups is 1. The summed E-state index contributed by atoms with van der Waals surface area (Å²) < 4.78 is 2.37. The fourth-order valence-corrected chi connectivity index (χ4v) is 5.65. The Morgan fingerprint density at radius 1 is 1.03 bits per heavy atom. The molecule has 1 amide bonds. The van der Waals surface area contributed by atoms with Gasteiger partial charge in [-0.1, -0.05) is 50.2 Å². The number of anilines is 2. The Morgan fingerprint density at radius 2 is 1.77 bits per heavy atom. The first-order valence-corrected chi connectivity index (χ1v) is 13.8. The summed E-state index contributed by atoms with van der Waals surface area (Å²) in [7, 11) is 0. The lowest BCUT2D eigenvalue weighted by atomic mass is 9.96. The van der Waals surface area contributed by atoms with Crippen molar-refractivity contribution in [1.29, 1.82) is 0 Å². The lowest BCUT2D eigenvalue weighted by Crippen LogP contribution is -2.29. The van der Waals surface area contributed by atoms with Crippen LogP contribution in [0.2, 0.25) is 0 Å². The molecule has 39 heavy (non-hydrogen) atoms. The predicted octanol–water partition coefficient (Wildman–Crippen LogP) is 6.63. The molecule has 200 valence electrons. The first-order chi connectivity index (χ1) is 18.7. The molecule has 2 aromatic carbocycles. The average Bonchev–Trinajstić information content (AvgIpc) is 3.41. The Balaban J connectivity index is 1.57. The quantitative estimate of drug-likeness (QED) is 0.259. The highest BCUT2D eigenvalue weighted by Crippen LogP contribution is 2.44. The minimum absolute atomic E-state index is 0.00292. The summed E-state index contributed by atoms with van der Waals surface area (Å²) in [5.41, 5.74) is 8.60. The molecular weight excluding hydrogens is 502 g/mol. The largest absolute Gasteiger partial charge is 0.351 e. The Morgan fingerprint density at radius 3 is 2.44 bits per heavy atom. The highest BCUT2D eigenvalue weighted by Gasteiger charge is 2.42. The van der Waals surface area contributed by atoms with Crippen LogP contribution in [0.4, 0.5) is 11.4 Å². The monoisotopic (exact) mass is 537 g/mol. The second-order valence-corrected chi connectivity index (χ2v) is 10.9. The summed E-state index contributed by atoms with van der Waals surface area (Å²) in [5.74, 6) is -0.0859. The van der Waals surface area contributed by atoms with Gasteiger partial charge >= 0.3 is 0 Å². The van der Waals surface area contributed by atoms with Gasteiger partial charge in [0.2, 0.25) is 5.91 Å². The van der Waals surface area contributed by atoms with Crippen LogP contribution in [0.1, 0.15) is 59.7 Å². The molecule has 0 saturated carbocycles. The highest BCUT2D eigenvalue weighted by molar-refractivity contribution is 7.80. The lowest BCUT2D eigenvalue weighted by Gasteiger charge is -2.29. The number of amides is 1. The molecule has 0 radical (unpaired) electrons. The standard InChI is InChI=1S/C32H35N5OS/c1-20(2)31(38)34-27-15-14-25(17-21(27)3)37-30(29(35-32(37)39)28-13-9-10-16-33-28)26-18-22(4)36(23(26)5)19-24-11-7-6-8-12-24/h6-18,20,29-30H,19H2,1-5H3,(H,34,38)(H,35,39)/t29-,30-/m0/s1. The van der Waals surface area contributed by atoms with Gasteiger partial charge in [0.15, 0.2) is 5.11 Å². The van der Waals surface area contributed by atoms with Crippen molar-refractivity contribution in [2.45, 2.75) is 53.2 Å². The van der Waals surface area contributed by atoms with Crippen LogP contribution in [0, 0.1) is 26.7 Å². The van der Waals surface area contributed by atoms with Gasteiger partial charge in [-0.05, 0) is 86.1 Å². The van der Waals surface area contributed by atoms with Crippen molar-refractivity contribution in [2.75, 3.05) is 10.2 Å². The van der Waals surface area contributed by atoms with Gasteiger partial charge in [-0.15, -0.1) is 0 Å². The summed E-state index contributed by atoms with van der Waals surface area (Å²) in [6.07, 6.45) is 1.83. The second-order valence-electron chi connectivity index (χ2n) is 10.5. The molecule has 1 aliphatic rings. The number of pyridine rings is 1. The summed E-state index contributed by atoms with van der Waals surface area (Å²) in [5, 5.41) is 7.26. The van der Waals surface area contributed by atoms with Crippen molar-refractivity contribution in [2.24, 2.45) is 5.92 Å². The van der Waals surface area contributed by atoms with Crippen molar-refractivity contribution >= 4 is 34.6 Å². The van der Waals surface area contributed by atoms with E-state index < -0.39 is 0 Å². The normalized spacial score (nSPS) is 17.0. The molecular formula is C32H35N5OS. The average molecular weight is 538 g/mol. The molecule has 7 heteroatoms. The molecule has 2 N–H and O–H groups in total. The van der Waals surface area contributed by atoms with Gasteiger partial charge in [0.1, 0.15) is 0 Å². The van der Waals surface area contributed by atoms with E-state index in [-0.39, 0.29) is 23.9 Å². The zero-order chi connectivity index (χ0) is 27.7. The van der Waals surface area contributed by atoms with E-state index in [9.17, 15) is 4.79 Å². The van der Waals surface area contributed by atoms with E-state index in [0.717, 1.165) is 29.2 Å². The molecule has 3 heterocycles. The smallest absolute Gasteiger partial charge is 0.226 e. The topological polar surface area (TPSA) is 62.2 Å². The van der Waals surface area contributed by atoms with Crippen LogP contribution in [-0.2, 0) is 11.3 Å². The van der Waals surface area contributed by atoms with Crippen molar-refractivity contribution < 1.29 is 4.79 Å². The molecule has 2 aromatic heterocycles. The summed E-state index contributed by atoms with van der Waals surface area (Å²) >= 11 is 5.96. The maximum absolute atomic E-state index is 12.3. The van der Waals surface area contributed by atoms with Crippen LogP contribution in [-0.4, -0.2) is 20.6 Å². The third-order valence-corrected chi connectivity index (χ3v) is 7.80. The summed E-state index contributed by atoms with van der Waals surface area (Å²) in [6.45, 7) is 11.0. The van der Waals surface area contributed by atoms with E-state index >= 15 is 0 Å². The van der Waals surface area contributed by atoms with E-state index in [0.29, 0.717) is 5.11 Å². The molecule has 0 unspecified atom stereocenters. The Labute approximate surface area is 236 Å². The number of nitrogens with one attached hydrogen (secondary N) is 2. The van der Waals surface area contributed by atoms with E-state index in [1.807, 2.05) is 57.3 Å². The van der Waals surface area contributed by atoms with Crippen molar-refractivity contribution in [3.05, 3.63) is 113 Å². The zero-order valence-electron chi connectivity index (χ0n) is 23.1. The Kier molecular flexibility index (Phi) is 7.53. The van der Waals surface area contributed by atoms with E-state index in [1.54, 1.807) is 0 Å². The summed E-state index contributed by atoms with van der Waals surface area (Å²) in [4.78, 5) is 19.2. The minimum atomic E-state index is -0.120. The van der Waals surface area contributed by atoms with Gasteiger partial charge in [-0.3, -0.25) is 9.78 Å². The maximum atomic E-state index is 12.3. The fraction of sp³-hybridized carbons (Fsp3) is 0.281. The number of aromatic nitrogens is 2. The molecule has 1 aliphatic heterocycles. The van der Waals surface area contributed by atoms with E-state index in [4.69, 9.17) is 17.2 Å². The third-order valence-electron chi connectivity index (χ3n) is 7.48. The van der Waals surface area contributed by atoms with Gasteiger partial charge < -0.3 is 20.1 Å². The Bertz CT molecular complexity index is 1500. The van der Waals surface area contributed by atoms with Crippen LogP contribution >= 0.6 is 12.2 Å². The molecule has 5 rings (SSSR count). The molecule has 0 spiro atoms.